The summed E-state index contributed by atoms with van der Waals surface area (Å²) in [5, 5.41) is 3.34. The summed E-state index contributed by atoms with van der Waals surface area (Å²) in [5.74, 6) is 0. The maximum atomic E-state index is 5.91. The summed E-state index contributed by atoms with van der Waals surface area (Å²) in [6.07, 6.45) is 2.74. The Kier molecular flexibility index (Phi) is 3.75. The van der Waals surface area contributed by atoms with Crippen molar-refractivity contribution >= 4 is 0 Å². The molecule has 0 atom stereocenters. The van der Waals surface area contributed by atoms with Gasteiger partial charge in [-0.25, -0.2) is 0 Å². The summed E-state index contributed by atoms with van der Waals surface area (Å²) in [7, 11) is 0. The number of piperidine rings is 1. The van der Waals surface area contributed by atoms with Gasteiger partial charge < -0.3 is 10.1 Å². The van der Waals surface area contributed by atoms with E-state index in [-0.39, 0.29) is 0 Å². The van der Waals surface area contributed by atoms with Crippen LogP contribution in [-0.2, 0) is 11.3 Å². The minimum absolute atomic E-state index is 0.450. The van der Waals surface area contributed by atoms with Crippen LogP contribution in [0.15, 0.2) is 24.3 Å². The van der Waals surface area contributed by atoms with Crippen molar-refractivity contribution in [2.45, 2.75) is 32.5 Å². The number of aryl methyl sites for hydroxylation is 1. The molecule has 1 saturated heterocycles. The van der Waals surface area contributed by atoms with E-state index >= 15 is 0 Å². The number of benzene rings is 1. The molecule has 2 heteroatoms. The molecular formula is C13H19NO. The smallest absolute Gasteiger partial charge is 0.0723 e. The van der Waals surface area contributed by atoms with Crippen LogP contribution < -0.4 is 5.32 Å². The van der Waals surface area contributed by atoms with Crippen LogP contribution in [0.1, 0.15) is 24.0 Å². The third-order valence-electron chi connectivity index (χ3n) is 3.02. The molecule has 0 saturated carbocycles. The molecule has 1 heterocycles. The summed E-state index contributed by atoms with van der Waals surface area (Å²) in [6.45, 7) is 5.09. The highest BCUT2D eigenvalue weighted by Crippen LogP contribution is 2.13. The Bertz CT molecular complexity index is 305. The van der Waals surface area contributed by atoms with Gasteiger partial charge in [0.2, 0.25) is 0 Å². The highest BCUT2D eigenvalue weighted by atomic mass is 16.5. The van der Waals surface area contributed by atoms with E-state index in [4.69, 9.17) is 4.74 Å². The van der Waals surface area contributed by atoms with Gasteiger partial charge in [-0.15, -0.1) is 0 Å². The molecule has 0 bridgehead atoms. The Morgan fingerprint density at radius 2 is 2.00 bits per heavy atom. The minimum Gasteiger partial charge on any atom is -0.373 e. The highest BCUT2D eigenvalue weighted by Gasteiger charge is 2.13. The zero-order chi connectivity index (χ0) is 10.5. The number of rotatable bonds is 3. The van der Waals surface area contributed by atoms with Crippen LogP contribution in [-0.4, -0.2) is 19.2 Å². The number of hydrogen-bond acceptors (Lipinski definition) is 2. The Hall–Kier alpha value is -0.860. The van der Waals surface area contributed by atoms with Crippen molar-refractivity contribution in [2.24, 2.45) is 0 Å². The number of hydrogen-bond donors (Lipinski definition) is 1. The van der Waals surface area contributed by atoms with Crippen LogP contribution in [0.3, 0.4) is 0 Å². The zero-order valence-corrected chi connectivity index (χ0v) is 9.33. The Morgan fingerprint density at radius 3 is 2.73 bits per heavy atom. The lowest BCUT2D eigenvalue weighted by Gasteiger charge is -2.23. The van der Waals surface area contributed by atoms with Gasteiger partial charge in [0, 0.05) is 0 Å². The van der Waals surface area contributed by atoms with Gasteiger partial charge >= 0.3 is 0 Å². The second-order valence-corrected chi connectivity index (χ2v) is 4.19. The highest BCUT2D eigenvalue weighted by molar-refractivity contribution is 5.24. The molecule has 1 aliphatic heterocycles. The standard InChI is InChI=1S/C13H19NO/c1-11-4-2-3-5-12(11)10-15-13-6-8-14-9-7-13/h2-5,13-14H,6-10H2,1H3. The van der Waals surface area contributed by atoms with Gasteiger partial charge in [-0.1, -0.05) is 24.3 Å². The van der Waals surface area contributed by atoms with Gasteiger partial charge in [0.15, 0.2) is 0 Å². The van der Waals surface area contributed by atoms with Gasteiger partial charge in [0.25, 0.3) is 0 Å². The van der Waals surface area contributed by atoms with E-state index in [2.05, 4.69) is 36.5 Å². The van der Waals surface area contributed by atoms with Gasteiger partial charge in [0.05, 0.1) is 12.7 Å². The fourth-order valence-corrected chi connectivity index (χ4v) is 1.94. The van der Waals surface area contributed by atoms with Crippen molar-refractivity contribution in [3.8, 4) is 0 Å². The lowest BCUT2D eigenvalue weighted by Crippen LogP contribution is -2.32. The van der Waals surface area contributed by atoms with Crippen molar-refractivity contribution in [2.75, 3.05) is 13.1 Å². The van der Waals surface area contributed by atoms with E-state index in [0.29, 0.717) is 6.10 Å². The van der Waals surface area contributed by atoms with Crippen LogP contribution in [0.5, 0.6) is 0 Å². The van der Waals surface area contributed by atoms with Crippen molar-refractivity contribution in [1.82, 2.24) is 5.32 Å². The first-order chi connectivity index (χ1) is 7.36. The number of nitrogens with one attached hydrogen (secondary N) is 1. The summed E-state index contributed by atoms with van der Waals surface area (Å²) in [6, 6.07) is 8.44. The second kappa shape index (κ2) is 5.29. The topological polar surface area (TPSA) is 21.3 Å². The Morgan fingerprint density at radius 1 is 1.27 bits per heavy atom. The molecule has 1 aromatic carbocycles. The van der Waals surface area contributed by atoms with Crippen molar-refractivity contribution < 1.29 is 4.74 Å². The van der Waals surface area contributed by atoms with Crippen LogP contribution in [0.4, 0.5) is 0 Å². The monoisotopic (exact) mass is 205 g/mol. The van der Waals surface area contributed by atoms with E-state index < -0.39 is 0 Å². The largest absolute Gasteiger partial charge is 0.373 e. The second-order valence-electron chi connectivity index (χ2n) is 4.19. The molecule has 0 spiro atoms. The molecule has 15 heavy (non-hydrogen) atoms. The molecule has 0 aliphatic carbocycles. The Labute approximate surface area is 91.6 Å². The van der Waals surface area contributed by atoms with Crippen LogP contribution >= 0.6 is 0 Å². The van der Waals surface area contributed by atoms with E-state index in [1.807, 2.05) is 0 Å². The quantitative estimate of drug-likeness (QED) is 0.817. The first-order valence-corrected chi connectivity index (χ1v) is 5.73. The van der Waals surface area contributed by atoms with Crippen molar-refractivity contribution in [3.05, 3.63) is 35.4 Å². The van der Waals surface area contributed by atoms with Gasteiger partial charge in [-0.2, -0.15) is 0 Å². The van der Waals surface area contributed by atoms with Gasteiger partial charge in [-0.05, 0) is 44.0 Å². The van der Waals surface area contributed by atoms with Crippen LogP contribution in [0.2, 0.25) is 0 Å². The van der Waals surface area contributed by atoms with E-state index in [0.717, 1.165) is 32.5 Å². The summed E-state index contributed by atoms with van der Waals surface area (Å²) < 4.78 is 5.91. The molecule has 2 rings (SSSR count). The average Bonchev–Trinajstić information content (AvgIpc) is 2.29. The summed E-state index contributed by atoms with van der Waals surface area (Å²) in [4.78, 5) is 0. The predicted octanol–water partition coefficient (Wildman–Crippen LogP) is 2.26. The fraction of sp³-hybridized carbons (Fsp3) is 0.538. The van der Waals surface area contributed by atoms with Crippen LogP contribution in [0, 0.1) is 6.92 Å². The minimum atomic E-state index is 0.450. The third kappa shape index (κ3) is 3.05. The Balaban J connectivity index is 1.84. The number of ether oxygens (including phenoxy) is 1. The third-order valence-corrected chi connectivity index (χ3v) is 3.02. The molecule has 0 unspecified atom stereocenters. The fourth-order valence-electron chi connectivity index (χ4n) is 1.94. The predicted molar refractivity (Wildman–Crippen MR) is 61.9 cm³/mol. The van der Waals surface area contributed by atoms with E-state index in [1.165, 1.54) is 11.1 Å². The normalized spacial score (nSPS) is 17.9. The molecule has 82 valence electrons. The van der Waals surface area contributed by atoms with Crippen LogP contribution in [0.25, 0.3) is 0 Å². The first-order valence-electron chi connectivity index (χ1n) is 5.73. The molecule has 1 aromatic rings. The van der Waals surface area contributed by atoms with Gasteiger partial charge in [0.1, 0.15) is 0 Å². The molecule has 1 aliphatic rings. The molecule has 1 N–H and O–H groups in total. The average molecular weight is 205 g/mol. The van der Waals surface area contributed by atoms with Gasteiger partial charge in [-0.3, -0.25) is 0 Å². The molecule has 0 radical (unpaired) electrons. The lowest BCUT2D eigenvalue weighted by molar-refractivity contribution is 0.0210. The lowest BCUT2D eigenvalue weighted by atomic mass is 10.1. The van der Waals surface area contributed by atoms with E-state index in [1.54, 1.807) is 0 Å². The molecule has 1 fully saturated rings. The first kappa shape index (κ1) is 10.7. The SMILES string of the molecule is Cc1ccccc1COC1CCNCC1. The molecular weight excluding hydrogens is 186 g/mol. The summed E-state index contributed by atoms with van der Waals surface area (Å²) >= 11 is 0. The zero-order valence-electron chi connectivity index (χ0n) is 9.33. The van der Waals surface area contributed by atoms with E-state index in [9.17, 15) is 0 Å². The maximum Gasteiger partial charge on any atom is 0.0723 e. The molecule has 0 aromatic heterocycles. The summed E-state index contributed by atoms with van der Waals surface area (Å²) in [5.41, 5.74) is 2.64. The van der Waals surface area contributed by atoms with Crippen molar-refractivity contribution in [3.63, 3.8) is 0 Å². The molecule has 2 nitrogen and oxygen atoms in total. The maximum absolute atomic E-state index is 5.91. The molecule has 0 amide bonds. The van der Waals surface area contributed by atoms with Crippen molar-refractivity contribution in [1.29, 1.82) is 0 Å².